The van der Waals surface area contributed by atoms with Crippen molar-refractivity contribution in [3.63, 3.8) is 0 Å². The van der Waals surface area contributed by atoms with E-state index in [2.05, 4.69) is 41.4 Å². The highest BCUT2D eigenvalue weighted by atomic mass is 32.2. The second kappa shape index (κ2) is 6.11. The lowest BCUT2D eigenvalue weighted by molar-refractivity contribution is 0.527. The SMILES string of the molecule is CC(C)(C)c1nnc2ccc(NCc3ccc(S(C)(=O)=O)cc3)nn12. The van der Waals surface area contributed by atoms with Crippen LogP contribution in [0.5, 0.6) is 0 Å². The van der Waals surface area contributed by atoms with E-state index >= 15 is 0 Å². The van der Waals surface area contributed by atoms with Crippen molar-refractivity contribution in [2.45, 2.75) is 37.6 Å². The topological polar surface area (TPSA) is 89.2 Å². The van der Waals surface area contributed by atoms with Gasteiger partial charge in [0.05, 0.1) is 4.90 Å². The molecule has 3 rings (SSSR count). The molecule has 8 heteroatoms. The van der Waals surface area contributed by atoms with Crippen LogP contribution in [0, 0.1) is 0 Å². The first-order valence-electron chi connectivity index (χ1n) is 7.90. The molecule has 7 nitrogen and oxygen atoms in total. The molecule has 0 fully saturated rings. The van der Waals surface area contributed by atoms with Crippen LogP contribution in [0.4, 0.5) is 5.82 Å². The Hall–Kier alpha value is -2.48. The molecule has 25 heavy (non-hydrogen) atoms. The number of nitrogens with zero attached hydrogens (tertiary/aromatic N) is 4. The second-order valence-corrected chi connectivity index (χ2v) is 9.05. The van der Waals surface area contributed by atoms with Crippen molar-refractivity contribution < 1.29 is 8.42 Å². The van der Waals surface area contributed by atoms with Crippen molar-refractivity contribution in [3.05, 3.63) is 47.8 Å². The Balaban J connectivity index is 1.79. The summed E-state index contributed by atoms with van der Waals surface area (Å²) in [6, 6.07) is 10.5. The van der Waals surface area contributed by atoms with Gasteiger partial charge in [0.25, 0.3) is 0 Å². The zero-order chi connectivity index (χ0) is 18.2. The molecule has 0 aliphatic rings. The van der Waals surface area contributed by atoms with Crippen LogP contribution in [-0.2, 0) is 21.8 Å². The lowest BCUT2D eigenvalue weighted by Crippen LogP contribution is -2.17. The lowest BCUT2D eigenvalue weighted by Gasteiger charge is -2.15. The average Bonchev–Trinajstić information content (AvgIpc) is 2.95. The average molecular weight is 359 g/mol. The largest absolute Gasteiger partial charge is 0.365 e. The molecule has 0 aliphatic heterocycles. The van der Waals surface area contributed by atoms with Crippen LogP contribution in [0.2, 0.25) is 0 Å². The number of benzene rings is 1. The van der Waals surface area contributed by atoms with Gasteiger partial charge in [-0.3, -0.25) is 0 Å². The van der Waals surface area contributed by atoms with Crippen molar-refractivity contribution in [2.24, 2.45) is 0 Å². The zero-order valence-electron chi connectivity index (χ0n) is 14.7. The highest BCUT2D eigenvalue weighted by Gasteiger charge is 2.21. The Bertz CT molecular complexity index is 1000. The number of aromatic nitrogens is 4. The summed E-state index contributed by atoms with van der Waals surface area (Å²) in [6.07, 6.45) is 1.20. The maximum Gasteiger partial charge on any atom is 0.178 e. The summed E-state index contributed by atoms with van der Waals surface area (Å²) in [7, 11) is -3.17. The van der Waals surface area contributed by atoms with E-state index in [0.29, 0.717) is 22.9 Å². The van der Waals surface area contributed by atoms with Gasteiger partial charge in [-0.2, -0.15) is 4.52 Å². The molecule has 0 saturated carbocycles. The standard InChI is InChI=1S/C17H21N5O2S/c1-17(2,3)16-20-19-15-10-9-14(21-22(15)16)18-11-12-5-7-13(8-6-12)25(4,23)24/h5-10H,11H2,1-4H3,(H,18,21). The third-order valence-corrected chi connectivity index (χ3v) is 4.89. The number of sulfone groups is 1. The van der Waals surface area contributed by atoms with Gasteiger partial charge in [0, 0.05) is 18.2 Å². The Morgan fingerprint density at radius 3 is 2.32 bits per heavy atom. The van der Waals surface area contributed by atoms with E-state index in [9.17, 15) is 8.42 Å². The summed E-state index contributed by atoms with van der Waals surface area (Å²) < 4.78 is 24.7. The molecular weight excluding hydrogens is 338 g/mol. The number of fused-ring (bicyclic) bond motifs is 1. The third-order valence-electron chi connectivity index (χ3n) is 3.76. The van der Waals surface area contributed by atoms with Crippen LogP contribution < -0.4 is 5.32 Å². The van der Waals surface area contributed by atoms with E-state index in [4.69, 9.17) is 0 Å². The molecule has 0 amide bonds. The van der Waals surface area contributed by atoms with Crippen molar-refractivity contribution in [3.8, 4) is 0 Å². The van der Waals surface area contributed by atoms with E-state index in [1.165, 1.54) is 6.26 Å². The maximum absolute atomic E-state index is 11.5. The molecule has 132 valence electrons. The van der Waals surface area contributed by atoms with Crippen LogP contribution >= 0.6 is 0 Å². The molecule has 1 aromatic carbocycles. The Morgan fingerprint density at radius 1 is 1.04 bits per heavy atom. The van der Waals surface area contributed by atoms with Crippen molar-refractivity contribution in [1.82, 2.24) is 19.8 Å². The van der Waals surface area contributed by atoms with Crippen molar-refractivity contribution in [1.29, 1.82) is 0 Å². The van der Waals surface area contributed by atoms with Crippen LogP contribution in [0.1, 0.15) is 32.2 Å². The summed E-state index contributed by atoms with van der Waals surface area (Å²) >= 11 is 0. The highest BCUT2D eigenvalue weighted by molar-refractivity contribution is 7.90. The van der Waals surface area contributed by atoms with Crippen LogP contribution in [0.3, 0.4) is 0 Å². The summed E-state index contributed by atoms with van der Waals surface area (Å²) in [5.41, 5.74) is 1.51. The molecule has 0 bridgehead atoms. The molecule has 2 heterocycles. The summed E-state index contributed by atoms with van der Waals surface area (Å²) in [5, 5.41) is 16.2. The van der Waals surface area contributed by atoms with Gasteiger partial charge >= 0.3 is 0 Å². The predicted octanol–water partition coefficient (Wildman–Crippen LogP) is 2.44. The van der Waals surface area contributed by atoms with Crippen LogP contribution in [0.25, 0.3) is 5.65 Å². The highest BCUT2D eigenvalue weighted by Crippen LogP contribution is 2.21. The van der Waals surface area contributed by atoms with Gasteiger partial charge < -0.3 is 5.32 Å². The molecule has 0 saturated heterocycles. The number of hydrogen-bond acceptors (Lipinski definition) is 6. The minimum absolute atomic E-state index is 0.160. The first-order valence-corrected chi connectivity index (χ1v) is 9.79. The quantitative estimate of drug-likeness (QED) is 0.769. The number of rotatable bonds is 4. The first-order chi connectivity index (χ1) is 11.6. The molecule has 0 radical (unpaired) electrons. The molecule has 1 N–H and O–H groups in total. The third kappa shape index (κ3) is 3.79. The van der Waals surface area contributed by atoms with E-state index in [0.717, 1.165) is 11.4 Å². The van der Waals surface area contributed by atoms with Gasteiger partial charge in [-0.15, -0.1) is 15.3 Å². The fourth-order valence-electron chi connectivity index (χ4n) is 2.40. The molecule has 0 aliphatic carbocycles. The molecule has 3 aromatic rings. The summed E-state index contributed by atoms with van der Waals surface area (Å²) in [5.74, 6) is 1.49. The van der Waals surface area contributed by atoms with E-state index in [1.54, 1.807) is 28.8 Å². The first kappa shape index (κ1) is 17.3. The smallest absolute Gasteiger partial charge is 0.178 e. The van der Waals surface area contributed by atoms with Gasteiger partial charge in [0.1, 0.15) is 5.82 Å². The fourth-order valence-corrected chi connectivity index (χ4v) is 3.03. The molecule has 0 spiro atoms. The van der Waals surface area contributed by atoms with Crippen LogP contribution in [-0.4, -0.2) is 34.5 Å². The second-order valence-electron chi connectivity index (χ2n) is 7.03. The van der Waals surface area contributed by atoms with Gasteiger partial charge in [-0.1, -0.05) is 32.9 Å². The van der Waals surface area contributed by atoms with E-state index in [-0.39, 0.29) is 5.41 Å². The summed E-state index contributed by atoms with van der Waals surface area (Å²) in [6.45, 7) is 6.73. The van der Waals surface area contributed by atoms with Crippen molar-refractivity contribution in [2.75, 3.05) is 11.6 Å². The van der Waals surface area contributed by atoms with Gasteiger partial charge in [0.2, 0.25) is 0 Å². The molecule has 2 aromatic heterocycles. The Morgan fingerprint density at radius 2 is 1.72 bits per heavy atom. The minimum atomic E-state index is -3.17. The molecule has 0 unspecified atom stereocenters. The monoisotopic (exact) mass is 359 g/mol. The van der Waals surface area contributed by atoms with E-state index < -0.39 is 9.84 Å². The zero-order valence-corrected chi connectivity index (χ0v) is 15.5. The fraction of sp³-hybridized carbons (Fsp3) is 0.353. The van der Waals surface area contributed by atoms with Gasteiger partial charge in [-0.05, 0) is 29.8 Å². The van der Waals surface area contributed by atoms with Gasteiger partial charge in [0.15, 0.2) is 21.3 Å². The van der Waals surface area contributed by atoms with E-state index in [1.807, 2.05) is 12.1 Å². The summed E-state index contributed by atoms with van der Waals surface area (Å²) in [4.78, 5) is 0.315. The Labute approximate surface area is 147 Å². The normalized spacial score (nSPS) is 12.5. The Kier molecular flexibility index (Phi) is 4.24. The number of nitrogens with one attached hydrogen (secondary N) is 1. The number of anilines is 1. The van der Waals surface area contributed by atoms with Crippen molar-refractivity contribution >= 4 is 21.3 Å². The van der Waals surface area contributed by atoms with Gasteiger partial charge in [-0.25, -0.2) is 8.42 Å². The predicted molar refractivity (Wildman–Crippen MR) is 96.4 cm³/mol. The lowest BCUT2D eigenvalue weighted by atomic mass is 9.96. The maximum atomic E-state index is 11.5. The molecule has 0 atom stereocenters. The van der Waals surface area contributed by atoms with Crippen LogP contribution in [0.15, 0.2) is 41.3 Å². The minimum Gasteiger partial charge on any atom is -0.365 e. The molecular formula is C17H21N5O2S. The number of hydrogen-bond donors (Lipinski definition) is 1.